The van der Waals surface area contributed by atoms with Crippen LogP contribution in [0.2, 0.25) is 0 Å². The van der Waals surface area contributed by atoms with Gasteiger partial charge in [-0.3, -0.25) is 0 Å². The van der Waals surface area contributed by atoms with E-state index in [9.17, 15) is 5.11 Å². The highest BCUT2D eigenvalue weighted by molar-refractivity contribution is 7.10. The van der Waals surface area contributed by atoms with Crippen molar-refractivity contribution in [3.8, 4) is 5.75 Å². The van der Waals surface area contributed by atoms with Crippen molar-refractivity contribution in [3.05, 3.63) is 51.2 Å². The lowest BCUT2D eigenvalue weighted by molar-refractivity contribution is 0.215. The summed E-state index contributed by atoms with van der Waals surface area (Å²) in [5.41, 5.74) is 2.87. The zero-order chi connectivity index (χ0) is 12.4. The number of aliphatic hydroxyl groups excluding tert-OH is 1. The smallest absolute Gasteiger partial charge is 0.125 e. The Kier molecular flexibility index (Phi) is 3.50. The van der Waals surface area contributed by atoms with E-state index < -0.39 is 6.10 Å². The van der Waals surface area contributed by atoms with Gasteiger partial charge in [0.2, 0.25) is 0 Å². The molecule has 0 spiro atoms. The zero-order valence-corrected chi connectivity index (χ0v) is 11.0. The number of aryl methyl sites for hydroxylation is 2. The van der Waals surface area contributed by atoms with Crippen LogP contribution in [0, 0.1) is 13.8 Å². The van der Waals surface area contributed by atoms with Crippen molar-refractivity contribution < 1.29 is 9.84 Å². The number of methoxy groups -OCH3 is 1. The molecular formula is C14H16O2S. The summed E-state index contributed by atoms with van der Waals surface area (Å²) in [5, 5.41) is 12.3. The number of hydrogen-bond acceptors (Lipinski definition) is 3. The number of hydrogen-bond donors (Lipinski definition) is 1. The third-order valence-corrected chi connectivity index (χ3v) is 3.63. The fourth-order valence-corrected chi connectivity index (χ4v) is 2.55. The number of thiophene rings is 1. The predicted molar refractivity (Wildman–Crippen MR) is 70.8 cm³/mol. The highest BCUT2D eigenvalue weighted by atomic mass is 32.1. The van der Waals surface area contributed by atoms with Crippen molar-refractivity contribution >= 4 is 11.3 Å². The Labute approximate surface area is 105 Å². The van der Waals surface area contributed by atoms with Crippen LogP contribution in [0.5, 0.6) is 5.75 Å². The van der Waals surface area contributed by atoms with Gasteiger partial charge in [0.15, 0.2) is 0 Å². The largest absolute Gasteiger partial charge is 0.496 e. The molecule has 0 bridgehead atoms. The van der Waals surface area contributed by atoms with Crippen LogP contribution in [0.3, 0.4) is 0 Å². The number of rotatable bonds is 3. The molecule has 1 N–H and O–H groups in total. The molecule has 0 radical (unpaired) electrons. The molecule has 0 aliphatic carbocycles. The van der Waals surface area contributed by atoms with Crippen LogP contribution in [0.25, 0.3) is 0 Å². The number of aliphatic hydroxyl groups is 1. The average molecular weight is 248 g/mol. The van der Waals surface area contributed by atoms with E-state index in [2.05, 4.69) is 0 Å². The second-order valence-electron chi connectivity index (χ2n) is 4.14. The summed E-state index contributed by atoms with van der Waals surface area (Å²) < 4.78 is 5.32. The maximum atomic E-state index is 10.3. The molecule has 1 aromatic heterocycles. The number of ether oxygens (including phenoxy) is 1. The average Bonchev–Trinajstić information content (AvgIpc) is 2.75. The third kappa shape index (κ3) is 2.51. The first-order chi connectivity index (χ1) is 8.11. The monoisotopic (exact) mass is 248 g/mol. The second kappa shape index (κ2) is 4.90. The molecule has 0 aliphatic heterocycles. The maximum Gasteiger partial charge on any atom is 0.125 e. The minimum atomic E-state index is -0.615. The molecule has 2 rings (SSSR count). The standard InChI is InChI=1S/C14H16O2S/c1-9-4-5-12(13(6-9)16-3)14(15)11-7-10(2)17-8-11/h4-8,14-15H,1-3H3. The molecule has 90 valence electrons. The van der Waals surface area contributed by atoms with Crippen LogP contribution in [0.1, 0.15) is 27.7 Å². The van der Waals surface area contributed by atoms with Gasteiger partial charge < -0.3 is 9.84 Å². The van der Waals surface area contributed by atoms with E-state index in [0.29, 0.717) is 0 Å². The van der Waals surface area contributed by atoms with E-state index in [1.54, 1.807) is 18.4 Å². The predicted octanol–water partition coefficient (Wildman–Crippen LogP) is 3.46. The van der Waals surface area contributed by atoms with Crippen LogP contribution in [0.4, 0.5) is 0 Å². The van der Waals surface area contributed by atoms with E-state index in [1.807, 2.05) is 43.5 Å². The minimum absolute atomic E-state index is 0.615. The third-order valence-electron chi connectivity index (χ3n) is 2.75. The van der Waals surface area contributed by atoms with Gasteiger partial charge in [0.1, 0.15) is 11.9 Å². The molecule has 1 heterocycles. The van der Waals surface area contributed by atoms with Gasteiger partial charge in [-0.2, -0.15) is 0 Å². The topological polar surface area (TPSA) is 29.5 Å². The Morgan fingerprint density at radius 1 is 1.24 bits per heavy atom. The van der Waals surface area contributed by atoms with Crippen molar-refractivity contribution in [2.24, 2.45) is 0 Å². The summed E-state index contributed by atoms with van der Waals surface area (Å²) in [6, 6.07) is 7.86. The zero-order valence-electron chi connectivity index (χ0n) is 10.2. The highest BCUT2D eigenvalue weighted by Crippen LogP contribution is 2.32. The van der Waals surface area contributed by atoms with Gasteiger partial charge in [0, 0.05) is 10.4 Å². The van der Waals surface area contributed by atoms with Gasteiger partial charge in [-0.1, -0.05) is 12.1 Å². The lowest BCUT2D eigenvalue weighted by atomic mass is 10.0. The molecule has 0 saturated heterocycles. The molecule has 2 aromatic rings. The van der Waals surface area contributed by atoms with Gasteiger partial charge in [0.05, 0.1) is 7.11 Å². The first-order valence-corrected chi connectivity index (χ1v) is 6.37. The van der Waals surface area contributed by atoms with E-state index in [0.717, 1.165) is 22.4 Å². The van der Waals surface area contributed by atoms with Crippen LogP contribution in [-0.4, -0.2) is 12.2 Å². The van der Waals surface area contributed by atoms with Crippen LogP contribution >= 0.6 is 11.3 Å². The highest BCUT2D eigenvalue weighted by Gasteiger charge is 2.16. The van der Waals surface area contributed by atoms with E-state index >= 15 is 0 Å². The molecule has 1 aromatic carbocycles. The van der Waals surface area contributed by atoms with Crippen molar-refractivity contribution in [3.63, 3.8) is 0 Å². The molecule has 0 fully saturated rings. The fraction of sp³-hybridized carbons (Fsp3) is 0.286. The quantitative estimate of drug-likeness (QED) is 0.901. The lowest BCUT2D eigenvalue weighted by Gasteiger charge is -2.14. The Morgan fingerprint density at radius 2 is 2.00 bits per heavy atom. The molecule has 1 atom stereocenters. The van der Waals surface area contributed by atoms with Crippen molar-refractivity contribution in [2.45, 2.75) is 20.0 Å². The molecular weight excluding hydrogens is 232 g/mol. The normalized spacial score (nSPS) is 12.5. The van der Waals surface area contributed by atoms with Gasteiger partial charge in [0.25, 0.3) is 0 Å². The van der Waals surface area contributed by atoms with E-state index in [4.69, 9.17) is 4.74 Å². The van der Waals surface area contributed by atoms with Crippen molar-refractivity contribution in [1.29, 1.82) is 0 Å². The van der Waals surface area contributed by atoms with Gasteiger partial charge in [-0.05, 0) is 42.5 Å². The summed E-state index contributed by atoms with van der Waals surface area (Å²) in [6.07, 6.45) is -0.615. The van der Waals surface area contributed by atoms with Gasteiger partial charge in [-0.15, -0.1) is 11.3 Å². The summed E-state index contributed by atoms with van der Waals surface area (Å²) >= 11 is 1.64. The fourth-order valence-electron chi connectivity index (χ4n) is 1.83. The Morgan fingerprint density at radius 3 is 2.59 bits per heavy atom. The van der Waals surface area contributed by atoms with Gasteiger partial charge in [-0.25, -0.2) is 0 Å². The SMILES string of the molecule is COc1cc(C)ccc1C(O)c1csc(C)c1. The lowest BCUT2D eigenvalue weighted by Crippen LogP contribution is -2.01. The van der Waals surface area contributed by atoms with Crippen LogP contribution in [0.15, 0.2) is 29.6 Å². The molecule has 0 saturated carbocycles. The summed E-state index contributed by atoms with van der Waals surface area (Å²) in [6.45, 7) is 4.04. The summed E-state index contributed by atoms with van der Waals surface area (Å²) in [7, 11) is 1.63. The molecule has 17 heavy (non-hydrogen) atoms. The minimum Gasteiger partial charge on any atom is -0.496 e. The molecule has 3 heteroatoms. The molecule has 0 amide bonds. The first-order valence-electron chi connectivity index (χ1n) is 5.49. The number of benzene rings is 1. The molecule has 0 aliphatic rings. The molecule has 2 nitrogen and oxygen atoms in total. The Bertz CT molecular complexity index is 517. The summed E-state index contributed by atoms with van der Waals surface area (Å²) in [4.78, 5) is 1.20. The van der Waals surface area contributed by atoms with Gasteiger partial charge >= 0.3 is 0 Å². The second-order valence-corrected chi connectivity index (χ2v) is 5.25. The molecule has 1 unspecified atom stereocenters. The van der Waals surface area contributed by atoms with E-state index in [-0.39, 0.29) is 0 Å². The Hall–Kier alpha value is -1.32. The first kappa shape index (κ1) is 12.1. The summed E-state index contributed by atoms with van der Waals surface area (Å²) in [5.74, 6) is 0.737. The van der Waals surface area contributed by atoms with Crippen molar-refractivity contribution in [2.75, 3.05) is 7.11 Å². The van der Waals surface area contributed by atoms with Crippen molar-refractivity contribution in [1.82, 2.24) is 0 Å². The van der Waals surface area contributed by atoms with E-state index in [1.165, 1.54) is 4.88 Å². The van der Waals surface area contributed by atoms with Crippen LogP contribution < -0.4 is 4.74 Å². The van der Waals surface area contributed by atoms with Crippen LogP contribution in [-0.2, 0) is 0 Å². The maximum absolute atomic E-state index is 10.3. The Balaban J connectivity index is 2.39.